The highest BCUT2D eigenvalue weighted by Gasteiger charge is 2.31. The molecule has 0 unspecified atom stereocenters. The van der Waals surface area contributed by atoms with E-state index in [1.54, 1.807) is 6.07 Å². The molecular formula is C13H17ClFN. The molecule has 1 nitrogen and oxygen atoms in total. The van der Waals surface area contributed by atoms with Gasteiger partial charge in [-0.05, 0) is 30.9 Å². The van der Waals surface area contributed by atoms with E-state index in [1.165, 1.54) is 18.9 Å². The van der Waals surface area contributed by atoms with Crippen molar-refractivity contribution >= 4 is 17.3 Å². The predicted molar refractivity (Wildman–Crippen MR) is 66.6 cm³/mol. The molecule has 0 radical (unpaired) electrons. The second kappa shape index (κ2) is 5.05. The third-order valence-electron chi connectivity index (χ3n) is 2.95. The summed E-state index contributed by atoms with van der Waals surface area (Å²) < 4.78 is 13.9. The molecule has 0 heterocycles. The van der Waals surface area contributed by atoms with Crippen LogP contribution >= 0.6 is 11.6 Å². The van der Waals surface area contributed by atoms with Gasteiger partial charge in [-0.1, -0.05) is 19.1 Å². The lowest BCUT2D eigenvalue weighted by Crippen LogP contribution is -2.28. The number of alkyl halides is 1. The van der Waals surface area contributed by atoms with E-state index in [0.717, 1.165) is 24.2 Å². The van der Waals surface area contributed by atoms with Crippen LogP contribution in [0.15, 0.2) is 18.2 Å². The van der Waals surface area contributed by atoms with Crippen molar-refractivity contribution in [3.63, 3.8) is 0 Å². The Balaban J connectivity index is 2.34. The molecule has 0 aliphatic heterocycles. The largest absolute Gasteiger partial charge is 0.366 e. The van der Waals surface area contributed by atoms with Crippen molar-refractivity contribution in [3.05, 3.63) is 29.6 Å². The van der Waals surface area contributed by atoms with Crippen molar-refractivity contribution in [2.45, 2.75) is 38.1 Å². The van der Waals surface area contributed by atoms with E-state index in [9.17, 15) is 4.39 Å². The van der Waals surface area contributed by atoms with Gasteiger partial charge < -0.3 is 4.90 Å². The Morgan fingerprint density at radius 3 is 2.75 bits per heavy atom. The topological polar surface area (TPSA) is 3.24 Å². The molecule has 1 fully saturated rings. The van der Waals surface area contributed by atoms with Crippen molar-refractivity contribution in [1.29, 1.82) is 0 Å². The van der Waals surface area contributed by atoms with Crippen LogP contribution in [-0.4, -0.2) is 12.6 Å². The van der Waals surface area contributed by atoms with Crippen molar-refractivity contribution in [1.82, 2.24) is 0 Å². The highest BCUT2D eigenvalue weighted by Crippen LogP contribution is 2.35. The smallest absolute Gasteiger partial charge is 0.146 e. The lowest BCUT2D eigenvalue weighted by atomic mass is 10.1. The minimum atomic E-state index is -0.140. The Hall–Kier alpha value is -0.760. The highest BCUT2D eigenvalue weighted by atomic mass is 35.5. The number of hydrogen-bond acceptors (Lipinski definition) is 1. The second-order valence-corrected chi connectivity index (χ2v) is 4.57. The van der Waals surface area contributed by atoms with Gasteiger partial charge in [-0.15, -0.1) is 11.6 Å². The van der Waals surface area contributed by atoms with E-state index in [4.69, 9.17) is 11.6 Å². The maximum atomic E-state index is 13.9. The van der Waals surface area contributed by atoms with Crippen LogP contribution in [0.3, 0.4) is 0 Å². The third kappa shape index (κ3) is 2.32. The molecule has 2 rings (SSSR count). The molecule has 1 aromatic carbocycles. The first-order valence-corrected chi connectivity index (χ1v) is 6.41. The summed E-state index contributed by atoms with van der Waals surface area (Å²) in [4.78, 5) is 2.19. The van der Waals surface area contributed by atoms with Crippen molar-refractivity contribution < 1.29 is 4.39 Å². The van der Waals surface area contributed by atoms with Gasteiger partial charge in [-0.3, -0.25) is 0 Å². The second-order valence-electron chi connectivity index (χ2n) is 4.31. The third-order valence-corrected chi connectivity index (χ3v) is 3.24. The zero-order chi connectivity index (χ0) is 11.5. The average Bonchev–Trinajstić information content (AvgIpc) is 3.10. The minimum absolute atomic E-state index is 0.140. The molecule has 1 aromatic rings. The lowest BCUT2D eigenvalue weighted by molar-refractivity contribution is 0.611. The fourth-order valence-electron chi connectivity index (χ4n) is 2.09. The van der Waals surface area contributed by atoms with Crippen LogP contribution in [0.25, 0.3) is 0 Å². The summed E-state index contributed by atoms with van der Waals surface area (Å²) in [6.45, 7) is 3.03. The fourth-order valence-corrected chi connectivity index (χ4v) is 2.31. The molecule has 0 bridgehead atoms. The van der Waals surface area contributed by atoms with Gasteiger partial charge in [-0.25, -0.2) is 4.39 Å². The number of benzene rings is 1. The standard InChI is InChI=1S/C13H17ClFN/c1-2-8-16(11-6-7-11)13-10(9-14)4-3-5-12(13)15/h3-5,11H,2,6-9H2,1H3. The van der Waals surface area contributed by atoms with Crippen LogP contribution in [0, 0.1) is 5.82 Å². The van der Waals surface area contributed by atoms with Crippen LogP contribution < -0.4 is 4.90 Å². The molecule has 1 saturated carbocycles. The molecule has 0 N–H and O–H groups in total. The van der Waals surface area contributed by atoms with Crippen molar-refractivity contribution in [2.75, 3.05) is 11.4 Å². The Morgan fingerprint density at radius 2 is 2.19 bits per heavy atom. The number of nitrogens with zero attached hydrogens (tertiary/aromatic N) is 1. The summed E-state index contributed by atoms with van der Waals surface area (Å²) in [5.74, 6) is 0.235. The molecule has 88 valence electrons. The first-order chi connectivity index (χ1) is 7.77. The molecule has 0 amide bonds. The summed E-state index contributed by atoms with van der Waals surface area (Å²) in [5, 5.41) is 0. The fraction of sp³-hybridized carbons (Fsp3) is 0.538. The average molecular weight is 242 g/mol. The van der Waals surface area contributed by atoms with Crippen LogP contribution in [0.4, 0.5) is 10.1 Å². The molecule has 3 heteroatoms. The molecule has 1 aliphatic rings. The maximum absolute atomic E-state index is 13.9. The first-order valence-electron chi connectivity index (χ1n) is 5.88. The predicted octanol–water partition coefficient (Wildman–Crippen LogP) is 3.94. The van der Waals surface area contributed by atoms with Crippen LogP contribution in [0.5, 0.6) is 0 Å². The van der Waals surface area contributed by atoms with Gasteiger partial charge in [0.15, 0.2) is 0 Å². The van der Waals surface area contributed by atoms with Gasteiger partial charge in [0.25, 0.3) is 0 Å². The summed E-state index contributed by atoms with van der Waals surface area (Å²) in [6, 6.07) is 5.69. The van der Waals surface area contributed by atoms with Gasteiger partial charge in [-0.2, -0.15) is 0 Å². The summed E-state index contributed by atoms with van der Waals surface area (Å²) in [5.41, 5.74) is 1.63. The van der Waals surface area contributed by atoms with Gasteiger partial charge >= 0.3 is 0 Å². The summed E-state index contributed by atoms with van der Waals surface area (Å²) >= 11 is 5.88. The molecule has 1 aliphatic carbocycles. The van der Waals surface area contributed by atoms with Crippen molar-refractivity contribution in [3.8, 4) is 0 Å². The van der Waals surface area contributed by atoms with Gasteiger partial charge in [0.1, 0.15) is 5.82 Å². The van der Waals surface area contributed by atoms with E-state index < -0.39 is 0 Å². The molecule has 0 spiro atoms. The van der Waals surface area contributed by atoms with Crippen LogP contribution in [-0.2, 0) is 5.88 Å². The molecule has 0 saturated heterocycles. The summed E-state index contributed by atoms with van der Waals surface area (Å²) in [7, 11) is 0. The number of anilines is 1. The quantitative estimate of drug-likeness (QED) is 0.706. The zero-order valence-electron chi connectivity index (χ0n) is 9.55. The maximum Gasteiger partial charge on any atom is 0.146 e. The van der Waals surface area contributed by atoms with E-state index in [-0.39, 0.29) is 5.82 Å². The van der Waals surface area contributed by atoms with E-state index in [0.29, 0.717) is 11.9 Å². The molecule has 0 aromatic heterocycles. The monoisotopic (exact) mass is 241 g/mol. The molecule has 0 atom stereocenters. The van der Waals surface area contributed by atoms with Gasteiger partial charge in [0.2, 0.25) is 0 Å². The van der Waals surface area contributed by atoms with E-state index in [2.05, 4.69) is 11.8 Å². The molecule has 16 heavy (non-hydrogen) atoms. The van der Waals surface area contributed by atoms with Crippen molar-refractivity contribution in [2.24, 2.45) is 0 Å². The summed E-state index contributed by atoms with van der Waals surface area (Å²) in [6.07, 6.45) is 3.39. The van der Waals surface area contributed by atoms with Crippen LogP contribution in [0.1, 0.15) is 31.7 Å². The number of hydrogen-bond donors (Lipinski definition) is 0. The van der Waals surface area contributed by atoms with E-state index >= 15 is 0 Å². The normalized spacial score (nSPS) is 15.2. The minimum Gasteiger partial charge on any atom is -0.366 e. The number of halogens is 2. The SMILES string of the molecule is CCCN(c1c(F)cccc1CCl)C1CC1. The Morgan fingerprint density at radius 1 is 1.44 bits per heavy atom. The number of rotatable bonds is 5. The highest BCUT2D eigenvalue weighted by molar-refractivity contribution is 6.17. The molecular weight excluding hydrogens is 225 g/mol. The van der Waals surface area contributed by atoms with Crippen LogP contribution in [0.2, 0.25) is 0 Å². The Labute approximate surface area is 101 Å². The zero-order valence-corrected chi connectivity index (χ0v) is 10.3. The Kier molecular flexibility index (Phi) is 3.70. The van der Waals surface area contributed by atoms with E-state index in [1.807, 2.05) is 6.07 Å². The lowest BCUT2D eigenvalue weighted by Gasteiger charge is -2.26. The van der Waals surface area contributed by atoms with Gasteiger partial charge in [0, 0.05) is 18.5 Å². The Bertz CT molecular complexity index is 363. The number of para-hydroxylation sites is 1. The first kappa shape index (κ1) is 11.7. The van der Waals surface area contributed by atoms with Gasteiger partial charge in [0.05, 0.1) is 5.69 Å².